The number of ether oxygens (including phenoxy) is 1. The highest BCUT2D eigenvalue weighted by Gasteiger charge is 2.14. The van der Waals surface area contributed by atoms with Gasteiger partial charge < -0.3 is 15.4 Å². The highest BCUT2D eigenvalue weighted by molar-refractivity contribution is 5.94. The van der Waals surface area contributed by atoms with Crippen molar-refractivity contribution in [3.05, 3.63) is 77.7 Å². The van der Waals surface area contributed by atoms with Crippen LogP contribution >= 0.6 is 0 Å². The molecule has 1 aliphatic rings. The van der Waals surface area contributed by atoms with Crippen molar-refractivity contribution in [1.82, 2.24) is 15.3 Å². The molecule has 4 rings (SSSR count). The molecule has 0 radical (unpaired) electrons. The van der Waals surface area contributed by atoms with E-state index in [-0.39, 0.29) is 0 Å². The first-order chi connectivity index (χ1) is 17.7. The van der Waals surface area contributed by atoms with Gasteiger partial charge in [0, 0.05) is 23.7 Å². The van der Waals surface area contributed by atoms with Gasteiger partial charge in [0.05, 0.1) is 31.1 Å². The smallest absolute Gasteiger partial charge is 0.195 e. The number of unbranched alkanes of at least 4 members (excludes halogenated alkanes) is 4. The largest absolute Gasteiger partial charge is 0.370 e. The van der Waals surface area contributed by atoms with Gasteiger partial charge in [0.1, 0.15) is 5.82 Å². The monoisotopic (exact) mass is 485 g/mol. The van der Waals surface area contributed by atoms with Gasteiger partial charge in [-0.05, 0) is 30.2 Å². The second-order valence-corrected chi connectivity index (χ2v) is 9.54. The van der Waals surface area contributed by atoms with Gasteiger partial charge in [-0.3, -0.25) is 4.99 Å². The van der Waals surface area contributed by atoms with Gasteiger partial charge in [0.25, 0.3) is 0 Å². The van der Waals surface area contributed by atoms with Crippen LogP contribution in [-0.4, -0.2) is 29.0 Å². The van der Waals surface area contributed by atoms with E-state index in [0.717, 1.165) is 59.5 Å². The van der Waals surface area contributed by atoms with Crippen LogP contribution in [0, 0.1) is 0 Å². The Kier molecular flexibility index (Phi) is 9.86. The lowest BCUT2D eigenvalue weighted by Crippen LogP contribution is -2.26. The van der Waals surface area contributed by atoms with Gasteiger partial charge in [-0.2, -0.15) is 0 Å². The van der Waals surface area contributed by atoms with Crippen LogP contribution in [0.4, 0.5) is 5.69 Å². The van der Waals surface area contributed by atoms with E-state index in [2.05, 4.69) is 71.9 Å². The third kappa shape index (κ3) is 7.89. The summed E-state index contributed by atoms with van der Waals surface area (Å²) in [6, 6.07) is 20.7. The van der Waals surface area contributed by atoms with Crippen LogP contribution in [0.1, 0.15) is 75.4 Å². The second kappa shape index (κ2) is 13.7. The van der Waals surface area contributed by atoms with Gasteiger partial charge in [-0.1, -0.05) is 88.4 Å². The summed E-state index contributed by atoms with van der Waals surface area (Å²) >= 11 is 0. The zero-order valence-corrected chi connectivity index (χ0v) is 21.7. The molecule has 2 heterocycles. The van der Waals surface area contributed by atoms with E-state index in [1.54, 1.807) is 0 Å². The third-order valence-corrected chi connectivity index (χ3v) is 6.46. The molecule has 6 heteroatoms. The molecule has 0 saturated carbocycles. The van der Waals surface area contributed by atoms with Crippen LogP contribution in [0.2, 0.25) is 0 Å². The number of anilines is 1. The molecule has 0 amide bonds. The summed E-state index contributed by atoms with van der Waals surface area (Å²) in [5, 5.41) is 6.57. The molecule has 0 aliphatic carbocycles. The van der Waals surface area contributed by atoms with Crippen LogP contribution in [0.15, 0.2) is 65.7 Å². The molecular weight excluding hydrogens is 446 g/mol. The molecule has 0 bridgehead atoms. The second-order valence-electron chi connectivity index (χ2n) is 9.54. The highest BCUT2D eigenvalue weighted by atomic mass is 16.5. The van der Waals surface area contributed by atoms with Crippen molar-refractivity contribution in [1.29, 1.82) is 0 Å². The number of nitrogens with one attached hydrogen (secondary N) is 2. The maximum Gasteiger partial charge on any atom is 0.195 e. The molecule has 3 aromatic rings. The van der Waals surface area contributed by atoms with E-state index in [0.29, 0.717) is 19.1 Å². The van der Waals surface area contributed by atoms with Gasteiger partial charge in [-0.25, -0.2) is 9.97 Å². The lowest BCUT2D eigenvalue weighted by atomic mass is 10.0. The van der Waals surface area contributed by atoms with Crippen molar-refractivity contribution in [2.45, 2.75) is 71.5 Å². The average Bonchev–Trinajstić information content (AvgIpc) is 3.42. The molecule has 1 aromatic heterocycles. The number of hydrogen-bond acceptors (Lipinski definition) is 6. The molecule has 0 spiro atoms. The molecule has 190 valence electrons. The normalized spacial score (nSPS) is 13.8. The molecule has 0 fully saturated rings. The number of rotatable bonds is 13. The van der Waals surface area contributed by atoms with Crippen LogP contribution in [0.25, 0.3) is 11.3 Å². The first kappa shape index (κ1) is 25.8. The summed E-state index contributed by atoms with van der Waals surface area (Å²) in [5.41, 5.74) is 5.12. The van der Waals surface area contributed by atoms with Crippen LogP contribution < -0.4 is 10.6 Å². The highest BCUT2D eigenvalue weighted by Crippen LogP contribution is 2.25. The van der Waals surface area contributed by atoms with E-state index in [1.807, 2.05) is 18.2 Å². The Morgan fingerprint density at radius 2 is 1.75 bits per heavy atom. The fourth-order valence-electron chi connectivity index (χ4n) is 4.33. The molecule has 0 saturated heterocycles. The molecule has 1 unspecified atom stereocenters. The summed E-state index contributed by atoms with van der Waals surface area (Å²) in [5.74, 6) is 2.05. The van der Waals surface area contributed by atoms with E-state index in [4.69, 9.17) is 14.7 Å². The molecule has 2 N–H and O–H groups in total. The number of nitrogens with zero attached hydrogens (tertiary/aromatic N) is 3. The van der Waals surface area contributed by atoms with E-state index >= 15 is 0 Å². The van der Waals surface area contributed by atoms with E-state index < -0.39 is 0 Å². The predicted molar refractivity (Wildman–Crippen MR) is 148 cm³/mol. The average molecular weight is 486 g/mol. The standard InChI is InChI=1S/C30H39N5O/c1-3-4-5-6-8-11-23(2)29-33-27(22-36-21-24-12-9-7-10-13-24)20-28(35-29)25-14-16-26(17-15-25)34-30-31-18-19-32-30/h7,9-10,12-17,20,23H,3-6,8,11,18-19,21-22H2,1-2H3,(H2,31,32,34). The van der Waals surface area contributed by atoms with Crippen LogP contribution in [0.3, 0.4) is 0 Å². The van der Waals surface area contributed by atoms with Gasteiger partial charge in [-0.15, -0.1) is 0 Å². The van der Waals surface area contributed by atoms with Crippen molar-refractivity contribution >= 4 is 11.6 Å². The Morgan fingerprint density at radius 3 is 2.50 bits per heavy atom. The summed E-state index contributed by atoms with van der Waals surface area (Å²) in [6.07, 6.45) is 7.50. The summed E-state index contributed by atoms with van der Waals surface area (Å²) in [7, 11) is 0. The molecule has 6 nitrogen and oxygen atoms in total. The molecule has 36 heavy (non-hydrogen) atoms. The topological polar surface area (TPSA) is 71.4 Å². The molecule has 1 atom stereocenters. The fourth-order valence-corrected chi connectivity index (χ4v) is 4.33. The fraction of sp³-hybridized carbons (Fsp3) is 0.433. The van der Waals surface area contributed by atoms with Crippen molar-refractivity contribution in [3.8, 4) is 11.3 Å². The first-order valence-electron chi connectivity index (χ1n) is 13.4. The Hall–Kier alpha value is -3.25. The lowest BCUT2D eigenvalue weighted by Gasteiger charge is -2.14. The molecule has 2 aromatic carbocycles. The van der Waals surface area contributed by atoms with Crippen molar-refractivity contribution in [2.24, 2.45) is 4.99 Å². The minimum absolute atomic E-state index is 0.312. The minimum Gasteiger partial charge on any atom is -0.370 e. The van der Waals surface area contributed by atoms with Gasteiger partial charge >= 0.3 is 0 Å². The van der Waals surface area contributed by atoms with E-state index in [1.165, 1.54) is 32.1 Å². The molecule has 1 aliphatic heterocycles. The zero-order valence-electron chi connectivity index (χ0n) is 21.7. The zero-order chi connectivity index (χ0) is 25.0. The Morgan fingerprint density at radius 1 is 0.944 bits per heavy atom. The van der Waals surface area contributed by atoms with Crippen molar-refractivity contribution in [2.75, 3.05) is 18.4 Å². The van der Waals surface area contributed by atoms with Crippen molar-refractivity contribution < 1.29 is 4.74 Å². The maximum absolute atomic E-state index is 6.03. The Bertz CT molecular complexity index is 1100. The quantitative estimate of drug-likeness (QED) is 0.264. The predicted octanol–water partition coefficient (Wildman–Crippen LogP) is 6.70. The van der Waals surface area contributed by atoms with Crippen molar-refractivity contribution in [3.63, 3.8) is 0 Å². The summed E-state index contributed by atoms with van der Waals surface area (Å²) in [6.45, 7) is 7.24. The number of hydrogen-bond donors (Lipinski definition) is 2. The summed E-state index contributed by atoms with van der Waals surface area (Å²) < 4.78 is 6.03. The molecular formula is C30H39N5O. The first-order valence-corrected chi connectivity index (χ1v) is 13.4. The summed E-state index contributed by atoms with van der Waals surface area (Å²) in [4.78, 5) is 14.3. The van der Waals surface area contributed by atoms with Crippen LogP contribution in [-0.2, 0) is 18.0 Å². The van der Waals surface area contributed by atoms with Gasteiger partial charge in [0.15, 0.2) is 5.96 Å². The van der Waals surface area contributed by atoms with Gasteiger partial charge in [0.2, 0.25) is 0 Å². The SMILES string of the molecule is CCCCCCCC(C)c1nc(COCc2ccccc2)cc(-c2ccc(NC3=NCCN3)cc2)n1. The number of benzene rings is 2. The Balaban J connectivity index is 1.47. The number of guanidine groups is 1. The number of aromatic nitrogens is 2. The van der Waals surface area contributed by atoms with E-state index in [9.17, 15) is 0 Å². The third-order valence-electron chi connectivity index (χ3n) is 6.46. The Labute approximate surface area is 215 Å². The maximum atomic E-state index is 6.03. The van der Waals surface area contributed by atoms with Crippen LogP contribution in [0.5, 0.6) is 0 Å². The minimum atomic E-state index is 0.312. The lowest BCUT2D eigenvalue weighted by molar-refractivity contribution is 0.104. The number of aliphatic imine (C=N–C) groups is 1.